The second-order valence-corrected chi connectivity index (χ2v) is 4.12. The summed E-state index contributed by atoms with van der Waals surface area (Å²) in [6.45, 7) is 4.82. The summed E-state index contributed by atoms with van der Waals surface area (Å²) in [6.07, 6.45) is 1.12. The molecule has 0 radical (unpaired) electrons. The summed E-state index contributed by atoms with van der Waals surface area (Å²) >= 11 is 0. The monoisotopic (exact) mass is 236 g/mol. The van der Waals surface area contributed by atoms with Gasteiger partial charge in [0.1, 0.15) is 6.61 Å². The number of carbonyl (C=O) groups excluding carboxylic acids is 1. The number of methoxy groups -OCH3 is 1. The van der Waals surface area contributed by atoms with Gasteiger partial charge in [0, 0.05) is 0 Å². The van der Waals surface area contributed by atoms with Crippen LogP contribution in [0, 0.1) is 0 Å². The van der Waals surface area contributed by atoms with Gasteiger partial charge in [-0.3, -0.25) is 0 Å². The summed E-state index contributed by atoms with van der Waals surface area (Å²) in [5.41, 5.74) is 2.40. The van der Waals surface area contributed by atoms with Crippen LogP contribution >= 0.6 is 0 Å². The fourth-order valence-electron chi connectivity index (χ4n) is 1.54. The molecule has 0 aliphatic rings. The van der Waals surface area contributed by atoms with E-state index in [-0.39, 0.29) is 12.6 Å². The van der Waals surface area contributed by atoms with E-state index in [1.807, 2.05) is 12.1 Å². The van der Waals surface area contributed by atoms with Crippen molar-refractivity contribution in [3.63, 3.8) is 0 Å². The lowest BCUT2D eigenvalue weighted by molar-refractivity contribution is -0.146. The molecule has 0 saturated carbocycles. The fourth-order valence-corrected chi connectivity index (χ4v) is 1.54. The van der Waals surface area contributed by atoms with E-state index in [0.717, 1.165) is 12.0 Å². The van der Waals surface area contributed by atoms with Crippen molar-refractivity contribution >= 4 is 5.97 Å². The maximum atomic E-state index is 10.9. The predicted octanol–water partition coefficient (Wildman–Crippen LogP) is 2.89. The summed E-state index contributed by atoms with van der Waals surface area (Å²) in [5.74, 6) is 0.207. The molecule has 1 atom stereocenters. The molecule has 1 rings (SSSR count). The first-order chi connectivity index (χ1) is 8.17. The summed E-state index contributed by atoms with van der Waals surface area (Å²) in [5, 5.41) is 0. The maximum absolute atomic E-state index is 10.9. The van der Waals surface area contributed by atoms with E-state index in [2.05, 4.69) is 30.7 Å². The molecule has 0 aliphatic carbocycles. The first-order valence-electron chi connectivity index (χ1n) is 5.90. The van der Waals surface area contributed by atoms with Gasteiger partial charge in [0.05, 0.1) is 13.7 Å². The molecule has 1 aromatic carbocycles. The predicted molar refractivity (Wildman–Crippen MR) is 66.8 cm³/mol. The van der Waals surface area contributed by atoms with E-state index < -0.39 is 0 Å². The Morgan fingerprint density at radius 2 is 2.18 bits per heavy atom. The number of carbonyl (C=O) groups is 1. The highest BCUT2D eigenvalue weighted by Gasteiger charge is 2.04. The molecule has 0 N–H and O–H groups in total. The number of hydrogen-bond acceptors (Lipinski definition) is 3. The minimum absolute atomic E-state index is 0.00403. The van der Waals surface area contributed by atoms with Gasteiger partial charge in [-0.2, -0.15) is 0 Å². The van der Waals surface area contributed by atoms with E-state index in [1.54, 1.807) is 0 Å². The van der Waals surface area contributed by atoms with Crippen molar-refractivity contribution in [2.24, 2.45) is 0 Å². The van der Waals surface area contributed by atoms with E-state index in [1.165, 1.54) is 12.7 Å². The zero-order chi connectivity index (χ0) is 12.7. The van der Waals surface area contributed by atoms with Gasteiger partial charge < -0.3 is 9.47 Å². The van der Waals surface area contributed by atoms with Crippen LogP contribution in [-0.4, -0.2) is 19.7 Å². The van der Waals surface area contributed by atoms with Crippen molar-refractivity contribution in [3.05, 3.63) is 35.4 Å². The van der Waals surface area contributed by atoms with Crippen LogP contribution in [-0.2, 0) is 20.9 Å². The largest absolute Gasteiger partial charge is 0.467 e. The van der Waals surface area contributed by atoms with Crippen molar-refractivity contribution in [1.29, 1.82) is 0 Å². The third-order valence-corrected chi connectivity index (χ3v) is 2.85. The van der Waals surface area contributed by atoms with Crippen molar-refractivity contribution in [2.75, 3.05) is 13.7 Å². The maximum Gasteiger partial charge on any atom is 0.331 e. The molecule has 0 aliphatic heterocycles. The van der Waals surface area contributed by atoms with Crippen molar-refractivity contribution < 1.29 is 14.3 Å². The molecule has 0 heterocycles. The third kappa shape index (κ3) is 4.57. The molecular formula is C14H20O3. The molecule has 1 aromatic rings. The van der Waals surface area contributed by atoms with Crippen molar-refractivity contribution in [1.82, 2.24) is 0 Å². The lowest BCUT2D eigenvalue weighted by atomic mass is 9.97. The Kier molecular flexibility index (Phi) is 5.70. The number of ether oxygens (including phenoxy) is 2. The van der Waals surface area contributed by atoms with Gasteiger partial charge in [-0.15, -0.1) is 0 Å². The van der Waals surface area contributed by atoms with E-state index in [4.69, 9.17) is 4.74 Å². The molecule has 0 bridgehead atoms. The van der Waals surface area contributed by atoms with Crippen LogP contribution in [0.3, 0.4) is 0 Å². The quantitative estimate of drug-likeness (QED) is 0.712. The molecule has 0 aromatic heterocycles. The second-order valence-electron chi connectivity index (χ2n) is 4.12. The average Bonchev–Trinajstić information content (AvgIpc) is 2.38. The molecule has 17 heavy (non-hydrogen) atoms. The minimum atomic E-state index is -0.344. The standard InChI is InChI=1S/C14H20O3/c1-4-11(2)13-7-5-6-12(8-13)9-17-10-14(15)16-3/h5-8,11H,4,9-10H2,1-3H3. The molecule has 0 spiro atoms. The van der Waals surface area contributed by atoms with Gasteiger partial charge in [0.25, 0.3) is 0 Å². The van der Waals surface area contributed by atoms with Crippen LogP contribution in [0.5, 0.6) is 0 Å². The summed E-state index contributed by atoms with van der Waals surface area (Å²) in [7, 11) is 1.36. The zero-order valence-corrected chi connectivity index (χ0v) is 10.7. The lowest BCUT2D eigenvalue weighted by Crippen LogP contribution is -2.10. The number of benzene rings is 1. The Morgan fingerprint density at radius 1 is 1.41 bits per heavy atom. The molecule has 0 fully saturated rings. The lowest BCUT2D eigenvalue weighted by Gasteiger charge is -2.10. The molecule has 94 valence electrons. The summed E-state index contributed by atoms with van der Waals surface area (Å²) in [4.78, 5) is 10.9. The van der Waals surface area contributed by atoms with Crippen molar-refractivity contribution in [2.45, 2.75) is 32.8 Å². The fraction of sp³-hybridized carbons (Fsp3) is 0.500. The second kappa shape index (κ2) is 7.07. The Balaban J connectivity index is 2.51. The minimum Gasteiger partial charge on any atom is -0.467 e. The Bertz CT molecular complexity index is 360. The van der Waals surface area contributed by atoms with E-state index in [9.17, 15) is 4.79 Å². The summed E-state index contributed by atoms with van der Waals surface area (Å²) < 4.78 is 9.77. The summed E-state index contributed by atoms with van der Waals surface area (Å²) in [6, 6.07) is 8.28. The Morgan fingerprint density at radius 3 is 2.82 bits per heavy atom. The first-order valence-corrected chi connectivity index (χ1v) is 5.90. The van der Waals surface area contributed by atoms with Gasteiger partial charge in [-0.1, -0.05) is 38.1 Å². The van der Waals surface area contributed by atoms with Crippen LogP contribution in [0.4, 0.5) is 0 Å². The normalized spacial score (nSPS) is 12.2. The highest BCUT2D eigenvalue weighted by Crippen LogP contribution is 2.19. The topological polar surface area (TPSA) is 35.5 Å². The molecular weight excluding hydrogens is 216 g/mol. The Hall–Kier alpha value is -1.35. The van der Waals surface area contributed by atoms with Gasteiger partial charge in [0.2, 0.25) is 0 Å². The smallest absolute Gasteiger partial charge is 0.331 e. The van der Waals surface area contributed by atoms with E-state index >= 15 is 0 Å². The Labute approximate surface area is 103 Å². The van der Waals surface area contributed by atoms with Gasteiger partial charge in [-0.05, 0) is 23.5 Å². The highest BCUT2D eigenvalue weighted by molar-refractivity contribution is 5.70. The van der Waals surface area contributed by atoms with Gasteiger partial charge in [-0.25, -0.2) is 4.79 Å². The van der Waals surface area contributed by atoms with E-state index in [0.29, 0.717) is 12.5 Å². The van der Waals surface area contributed by atoms with Gasteiger partial charge in [0.15, 0.2) is 0 Å². The van der Waals surface area contributed by atoms with Crippen LogP contribution in [0.1, 0.15) is 37.3 Å². The van der Waals surface area contributed by atoms with Crippen LogP contribution in [0.25, 0.3) is 0 Å². The molecule has 1 unspecified atom stereocenters. The zero-order valence-electron chi connectivity index (χ0n) is 10.7. The third-order valence-electron chi connectivity index (χ3n) is 2.85. The number of rotatable bonds is 6. The first kappa shape index (κ1) is 13.7. The van der Waals surface area contributed by atoms with Gasteiger partial charge >= 0.3 is 5.97 Å². The molecule has 3 nitrogen and oxygen atoms in total. The van der Waals surface area contributed by atoms with Crippen LogP contribution < -0.4 is 0 Å². The van der Waals surface area contributed by atoms with Crippen molar-refractivity contribution in [3.8, 4) is 0 Å². The SMILES string of the molecule is CCC(C)c1cccc(COCC(=O)OC)c1. The molecule has 0 amide bonds. The van der Waals surface area contributed by atoms with Crippen LogP contribution in [0.15, 0.2) is 24.3 Å². The van der Waals surface area contributed by atoms with Crippen LogP contribution in [0.2, 0.25) is 0 Å². The molecule has 0 saturated heterocycles. The average molecular weight is 236 g/mol. The highest BCUT2D eigenvalue weighted by atomic mass is 16.6. The number of esters is 1. The number of hydrogen-bond donors (Lipinski definition) is 0. The molecule has 3 heteroatoms.